The first kappa shape index (κ1) is 16.8. The molecule has 0 radical (unpaired) electrons. The van der Waals surface area contributed by atoms with Crippen LogP contribution in [0.1, 0.15) is 36.9 Å². The van der Waals surface area contributed by atoms with E-state index in [1.54, 1.807) is 17.5 Å². The Kier molecular flexibility index (Phi) is 5.04. The lowest BCUT2D eigenvalue weighted by Gasteiger charge is -2.30. The zero-order valence-corrected chi connectivity index (χ0v) is 15.2. The van der Waals surface area contributed by atoms with Gasteiger partial charge in [0.1, 0.15) is 5.01 Å². The summed E-state index contributed by atoms with van der Waals surface area (Å²) in [6.07, 6.45) is 2.62. The van der Waals surface area contributed by atoms with Gasteiger partial charge in [-0.3, -0.25) is 0 Å². The lowest BCUT2D eigenvalue weighted by Crippen LogP contribution is -2.47. The van der Waals surface area contributed by atoms with Gasteiger partial charge in [0.2, 0.25) is 0 Å². The minimum atomic E-state index is -0.0269. The molecule has 2 aromatic rings. The average Bonchev–Trinajstić information content (AvgIpc) is 3.07. The highest BCUT2D eigenvalue weighted by molar-refractivity contribution is 7.09. The summed E-state index contributed by atoms with van der Waals surface area (Å²) in [6.45, 7) is 5.62. The Morgan fingerprint density at radius 2 is 2.25 bits per heavy atom. The summed E-state index contributed by atoms with van der Waals surface area (Å²) in [5.41, 5.74) is 2.38. The van der Waals surface area contributed by atoms with E-state index < -0.39 is 0 Å². The number of thiazole rings is 1. The maximum atomic E-state index is 12.9. The smallest absolute Gasteiger partial charge is 0.318 e. The van der Waals surface area contributed by atoms with Crippen LogP contribution in [0.4, 0.5) is 10.5 Å². The van der Waals surface area contributed by atoms with Crippen molar-refractivity contribution < 1.29 is 4.79 Å². The van der Waals surface area contributed by atoms with Crippen LogP contribution in [0.15, 0.2) is 35.8 Å². The molecular formula is C18H24N4OS. The third-order valence-electron chi connectivity index (χ3n) is 4.53. The van der Waals surface area contributed by atoms with Gasteiger partial charge in [-0.05, 0) is 25.0 Å². The first-order valence-corrected chi connectivity index (χ1v) is 9.23. The van der Waals surface area contributed by atoms with Crippen molar-refractivity contribution in [2.75, 3.05) is 18.5 Å². The highest BCUT2D eigenvalue weighted by atomic mass is 32.1. The van der Waals surface area contributed by atoms with Crippen LogP contribution in [-0.4, -0.2) is 35.5 Å². The van der Waals surface area contributed by atoms with Crippen LogP contribution < -0.4 is 10.2 Å². The van der Waals surface area contributed by atoms with Gasteiger partial charge in [-0.15, -0.1) is 11.3 Å². The maximum absolute atomic E-state index is 12.9. The summed E-state index contributed by atoms with van der Waals surface area (Å²) < 4.78 is 0. The highest BCUT2D eigenvalue weighted by Crippen LogP contribution is 2.27. The van der Waals surface area contributed by atoms with Gasteiger partial charge in [-0.2, -0.15) is 0 Å². The summed E-state index contributed by atoms with van der Waals surface area (Å²) in [6, 6.07) is 8.39. The lowest BCUT2D eigenvalue weighted by atomic mass is 10.1. The van der Waals surface area contributed by atoms with Crippen LogP contribution in [0.5, 0.6) is 0 Å². The molecule has 2 heterocycles. The van der Waals surface area contributed by atoms with Crippen LogP contribution in [0.2, 0.25) is 0 Å². The van der Waals surface area contributed by atoms with Gasteiger partial charge in [0.25, 0.3) is 0 Å². The first-order valence-electron chi connectivity index (χ1n) is 8.35. The molecule has 24 heavy (non-hydrogen) atoms. The normalized spacial score (nSPS) is 18.7. The second-order valence-electron chi connectivity index (χ2n) is 6.27. The molecule has 1 aliphatic rings. The zero-order chi connectivity index (χ0) is 17.1. The van der Waals surface area contributed by atoms with Crippen molar-refractivity contribution in [2.24, 2.45) is 0 Å². The maximum Gasteiger partial charge on any atom is 0.318 e. The number of likely N-dealkylation sites (N-methyl/N-ethyl adjacent to an activating group) is 1. The summed E-state index contributed by atoms with van der Waals surface area (Å²) in [5, 5.41) is 6.07. The number of aromatic nitrogens is 1. The van der Waals surface area contributed by atoms with Crippen LogP contribution in [0, 0.1) is 0 Å². The van der Waals surface area contributed by atoms with E-state index in [4.69, 9.17) is 0 Å². The Morgan fingerprint density at radius 1 is 1.46 bits per heavy atom. The molecule has 3 rings (SSSR count). The number of carbonyl (C=O) groups excluding carboxylic acids is 1. The number of nitrogens with one attached hydrogen (secondary N) is 1. The molecule has 2 amide bonds. The van der Waals surface area contributed by atoms with Gasteiger partial charge in [-0.1, -0.05) is 25.1 Å². The average molecular weight is 344 g/mol. The number of hydrogen-bond donors (Lipinski definition) is 1. The number of benzene rings is 1. The van der Waals surface area contributed by atoms with Crippen molar-refractivity contribution in [3.05, 3.63) is 46.4 Å². The molecule has 0 fully saturated rings. The largest absolute Gasteiger partial charge is 0.372 e. The van der Waals surface area contributed by atoms with Crippen LogP contribution in [0.25, 0.3) is 0 Å². The van der Waals surface area contributed by atoms with Crippen molar-refractivity contribution in [1.29, 1.82) is 0 Å². The summed E-state index contributed by atoms with van der Waals surface area (Å²) in [7, 11) is 2.08. The molecule has 5 nitrogen and oxygen atoms in total. The second-order valence-corrected chi connectivity index (χ2v) is 7.19. The van der Waals surface area contributed by atoms with Gasteiger partial charge < -0.3 is 15.1 Å². The SMILES string of the molecule is CCC(NC(=O)N1Cc2ccccc2N(C)CC1C)c1nccs1. The number of hydrogen-bond acceptors (Lipinski definition) is 4. The van der Waals surface area contributed by atoms with Crippen molar-refractivity contribution in [3.63, 3.8) is 0 Å². The number of rotatable bonds is 3. The fourth-order valence-corrected chi connectivity index (χ4v) is 3.97. The number of fused-ring (bicyclic) bond motifs is 1. The van der Waals surface area contributed by atoms with Crippen molar-refractivity contribution >= 4 is 23.1 Å². The third-order valence-corrected chi connectivity index (χ3v) is 5.42. The van der Waals surface area contributed by atoms with Crippen molar-refractivity contribution in [3.8, 4) is 0 Å². The Hall–Kier alpha value is -2.08. The van der Waals surface area contributed by atoms with Crippen LogP contribution >= 0.6 is 11.3 Å². The molecule has 128 valence electrons. The van der Waals surface area contributed by atoms with Gasteiger partial charge in [0.05, 0.1) is 6.04 Å². The van der Waals surface area contributed by atoms with Gasteiger partial charge >= 0.3 is 6.03 Å². The van der Waals surface area contributed by atoms with Gasteiger partial charge in [-0.25, -0.2) is 9.78 Å². The molecule has 1 aromatic heterocycles. The molecule has 0 aliphatic carbocycles. The molecule has 1 aliphatic heterocycles. The predicted molar refractivity (Wildman–Crippen MR) is 98.4 cm³/mol. The van der Waals surface area contributed by atoms with E-state index in [0.717, 1.165) is 18.0 Å². The Bertz CT molecular complexity index is 688. The van der Waals surface area contributed by atoms with E-state index in [-0.39, 0.29) is 18.1 Å². The predicted octanol–water partition coefficient (Wildman–Crippen LogP) is 3.64. The number of anilines is 1. The molecule has 0 bridgehead atoms. The molecule has 2 unspecified atom stereocenters. The quantitative estimate of drug-likeness (QED) is 0.925. The summed E-state index contributed by atoms with van der Waals surface area (Å²) in [4.78, 5) is 21.4. The van der Waals surface area contributed by atoms with Gasteiger partial charge in [0.15, 0.2) is 0 Å². The number of nitrogens with zero attached hydrogens (tertiary/aromatic N) is 3. The highest BCUT2D eigenvalue weighted by Gasteiger charge is 2.28. The molecular weight excluding hydrogens is 320 g/mol. The Morgan fingerprint density at radius 3 is 2.96 bits per heavy atom. The molecule has 1 N–H and O–H groups in total. The molecule has 0 saturated heterocycles. The molecule has 6 heteroatoms. The molecule has 0 saturated carbocycles. The van der Waals surface area contributed by atoms with Crippen LogP contribution in [-0.2, 0) is 6.54 Å². The molecule has 1 aromatic carbocycles. The number of urea groups is 1. The second kappa shape index (κ2) is 7.21. The first-order chi connectivity index (χ1) is 11.6. The van der Waals surface area contributed by atoms with E-state index in [2.05, 4.69) is 48.2 Å². The van der Waals surface area contributed by atoms with E-state index >= 15 is 0 Å². The Balaban J connectivity index is 1.79. The summed E-state index contributed by atoms with van der Waals surface area (Å²) >= 11 is 1.59. The standard InChI is InChI=1S/C18H24N4OS/c1-4-15(17-19-9-10-24-17)20-18(23)22-12-14-7-5-6-8-16(14)21(3)11-13(22)2/h5-10,13,15H,4,11-12H2,1-3H3,(H,20,23). The van der Waals surface area contributed by atoms with Gasteiger partial charge in [0, 0.05) is 43.4 Å². The fourth-order valence-electron chi connectivity index (χ4n) is 3.20. The molecule has 2 atom stereocenters. The minimum absolute atomic E-state index is 0.0188. The van der Waals surface area contributed by atoms with Crippen molar-refractivity contribution in [2.45, 2.75) is 38.9 Å². The lowest BCUT2D eigenvalue weighted by molar-refractivity contribution is 0.174. The van der Waals surface area contributed by atoms with Crippen LogP contribution in [0.3, 0.4) is 0 Å². The molecule has 0 spiro atoms. The number of para-hydroxylation sites is 1. The zero-order valence-electron chi connectivity index (χ0n) is 14.4. The third kappa shape index (κ3) is 3.38. The van der Waals surface area contributed by atoms with E-state index in [1.807, 2.05) is 22.4 Å². The fraction of sp³-hybridized carbons (Fsp3) is 0.444. The number of carbonyl (C=O) groups is 1. The summed E-state index contributed by atoms with van der Waals surface area (Å²) in [5.74, 6) is 0. The monoisotopic (exact) mass is 344 g/mol. The number of amides is 2. The topological polar surface area (TPSA) is 48.5 Å². The minimum Gasteiger partial charge on any atom is -0.372 e. The van der Waals surface area contributed by atoms with E-state index in [1.165, 1.54) is 11.3 Å². The van der Waals surface area contributed by atoms with E-state index in [0.29, 0.717) is 6.54 Å². The Labute approximate surface area is 147 Å². The van der Waals surface area contributed by atoms with Crippen molar-refractivity contribution in [1.82, 2.24) is 15.2 Å². The van der Waals surface area contributed by atoms with E-state index in [9.17, 15) is 4.79 Å².